The van der Waals surface area contributed by atoms with Gasteiger partial charge in [0.1, 0.15) is 16.9 Å². The summed E-state index contributed by atoms with van der Waals surface area (Å²) in [6.07, 6.45) is 3.79. The fraction of sp³-hybridized carbons (Fsp3) is 0.545. The van der Waals surface area contributed by atoms with E-state index < -0.39 is 12.4 Å². The third-order valence-electron chi connectivity index (χ3n) is 3.22. The van der Waals surface area contributed by atoms with E-state index in [1.54, 1.807) is 10.9 Å². The van der Waals surface area contributed by atoms with Crippen molar-refractivity contribution in [1.29, 1.82) is 0 Å². The van der Waals surface area contributed by atoms with Crippen LogP contribution in [0.4, 0.5) is 0 Å². The Labute approximate surface area is 113 Å². The van der Waals surface area contributed by atoms with Crippen LogP contribution in [0.15, 0.2) is 17.7 Å². The Bertz CT molecular complexity index is 590. The van der Waals surface area contributed by atoms with Crippen LogP contribution in [0.5, 0.6) is 0 Å². The molecule has 0 radical (unpaired) electrons. The normalized spacial score (nSPS) is 27.8. The summed E-state index contributed by atoms with van der Waals surface area (Å²) in [7, 11) is 0. The summed E-state index contributed by atoms with van der Waals surface area (Å²) in [4.78, 5) is 12.7. The van der Waals surface area contributed by atoms with Gasteiger partial charge in [-0.15, -0.1) is 11.8 Å². The van der Waals surface area contributed by atoms with Gasteiger partial charge in [-0.2, -0.15) is 0 Å². The molecule has 0 bridgehead atoms. The van der Waals surface area contributed by atoms with Crippen LogP contribution in [0.25, 0.3) is 11.2 Å². The van der Waals surface area contributed by atoms with Gasteiger partial charge in [0.05, 0.1) is 25.1 Å². The van der Waals surface area contributed by atoms with Crippen molar-refractivity contribution in [3.05, 3.63) is 12.7 Å². The number of imidazole rings is 1. The molecule has 102 valence electrons. The van der Waals surface area contributed by atoms with E-state index in [0.29, 0.717) is 17.6 Å². The maximum absolute atomic E-state index is 10.0. The summed E-state index contributed by atoms with van der Waals surface area (Å²) < 4.78 is 6.80. The van der Waals surface area contributed by atoms with Crippen molar-refractivity contribution in [2.75, 3.05) is 12.9 Å². The molecule has 3 rings (SSSR count). The minimum absolute atomic E-state index is 0.103. The molecule has 0 saturated carbocycles. The van der Waals surface area contributed by atoms with Gasteiger partial charge in [-0.25, -0.2) is 15.0 Å². The maximum atomic E-state index is 10.0. The van der Waals surface area contributed by atoms with Crippen LogP contribution in [-0.4, -0.2) is 55.0 Å². The lowest BCUT2D eigenvalue weighted by Gasteiger charge is -2.31. The van der Waals surface area contributed by atoms with E-state index in [9.17, 15) is 10.2 Å². The van der Waals surface area contributed by atoms with E-state index in [4.69, 9.17) is 4.74 Å². The third-order valence-corrected chi connectivity index (χ3v) is 3.91. The van der Waals surface area contributed by atoms with Crippen molar-refractivity contribution in [2.24, 2.45) is 0 Å². The van der Waals surface area contributed by atoms with Gasteiger partial charge in [0.2, 0.25) is 0 Å². The summed E-state index contributed by atoms with van der Waals surface area (Å²) in [5.41, 5.74) is 1.38. The summed E-state index contributed by atoms with van der Waals surface area (Å²) in [5.74, 6) is 0. The van der Waals surface area contributed by atoms with Gasteiger partial charge in [0, 0.05) is 6.42 Å². The Morgan fingerprint density at radius 1 is 1.37 bits per heavy atom. The van der Waals surface area contributed by atoms with Crippen LogP contribution >= 0.6 is 11.8 Å². The standard InChI is InChI=1S/C11H14N4O3S/c1-19-11-9-10(12-4-13-11)15(5-14-9)6-2-8(17)18-3-7(6)16/h4-8,16-17H,2-3H2,1H3. The van der Waals surface area contributed by atoms with Crippen molar-refractivity contribution < 1.29 is 14.9 Å². The quantitative estimate of drug-likeness (QED) is 0.600. The molecule has 1 aliphatic heterocycles. The lowest BCUT2D eigenvalue weighted by molar-refractivity contribution is -0.172. The van der Waals surface area contributed by atoms with Crippen LogP contribution in [0.2, 0.25) is 0 Å². The molecule has 3 heterocycles. The number of aromatic nitrogens is 4. The number of nitrogens with zero attached hydrogens (tertiary/aromatic N) is 4. The van der Waals surface area contributed by atoms with E-state index in [2.05, 4.69) is 15.0 Å². The highest BCUT2D eigenvalue weighted by molar-refractivity contribution is 7.98. The molecule has 0 aliphatic carbocycles. The minimum atomic E-state index is -0.868. The molecule has 2 aromatic heterocycles. The number of aliphatic hydroxyl groups is 2. The van der Waals surface area contributed by atoms with Gasteiger partial charge in [-0.05, 0) is 6.26 Å². The van der Waals surface area contributed by atoms with Crippen LogP contribution in [-0.2, 0) is 4.74 Å². The molecule has 0 spiro atoms. The molecule has 2 aromatic rings. The second kappa shape index (κ2) is 5.04. The Balaban J connectivity index is 2.05. The van der Waals surface area contributed by atoms with Crippen molar-refractivity contribution in [2.45, 2.75) is 29.9 Å². The largest absolute Gasteiger partial charge is 0.389 e. The van der Waals surface area contributed by atoms with Gasteiger partial charge in [0.15, 0.2) is 11.9 Å². The van der Waals surface area contributed by atoms with Crippen LogP contribution < -0.4 is 0 Å². The number of aliphatic hydroxyl groups excluding tert-OH is 2. The molecule has 0 aromatic carbocycles. The molecule has 0 amide bonds. The lowest BCUT2D eigenvalue weighted by Crippen LogP contribution is -2.38. The summed E-state index contributed by atoms with van der Waals surface area (Å²) >= 11 is 1.50. The highest BCUT2D eigenvalue weighted by Gasteiger charge is 2.31. The molecule has 3 atom stereocenters. The Morgan fingerprint density at radius 3 is 3.00 bits per heavy atom. The predicted molar refractivity (Wildman–Crippen MR) is 68.7 cm³/mol. The van der Waals surface area contributed by atoms with Gasteiger partial charge in [0.25, 0.3) is 0 Å². The monoisotopic (exact) mass is 282 g/mol. The second-order valence-corrected chi connectivity index (χ2v) is 5.16. The van der Waals surface area contributed by atoms with E-state index in [-0.39, 0.29) is 12.6 Å². The topological polar surface area (TPSA) is 93.3 Å². The van der Waals surface area contributed by atoms with Crippen molar-refractivity contribution in [3.8, 4) is 0 Å². The summed E-state index contributed by atoms with van der Waals surface area (Å²) in [5, 5.41) is 20.4. The first-order valence-electron chi connectivity index (χ1n) is 5.90. The second-order valence-electron chi connectivity index (χ2n) is 4.37. The molecular formula is C11H14N4O3S. The first-order chi connectivity index (χ1) is 9.20. The number of rotatable bonds is 2. The molecular weight excluding hydrogens is 268 g/mol. The molecule has 2 N–H and O–H groups in total. The maximum Gasteiger partial charge on any atom is 0.164 e. The van der Waals surface area contributed by atoms with E-state index in [1.165, 1.54) is 18.1 Å². The molecule has 19 heavy (non-hydrogen) atoms. The molecule has 1 fully saturated rings. The van der Waals surface area contributed by atoms with Gasteiger partial charge < -0.3 is 19.5 Å². The average Bonchev–Trinajstić information content (AvgIpc) is 2.85. The van der Waals surface area contributed by atoms with E-state index in [0.717, 1.165) is 5.03 Å². The van der Waals surface area contributed by atoms with E-state index in [1.807, 2.05) is 6.26 Å². The number of hydrogen-bond donors (Lipinski definition) is 2. The van der Waals surface area contributed by atoms with Gasteiger partial charge >= 0.3 is 0 Å². The summed E-state index contributed by atoms with van der Waals surface area (Å²) in [6.45, 7) is 0.103. The minimum Gasteiger partial charge on any atom is -0.389 e. The fourth-order valence-electron chi connectivity index (χ4n) is 2.27. The first-order valence-corrected chi connectivity index (χ1v) is 7.12. The van der Waals surface area contributed by atoms with Gasteiger partial charge in [-0.1, -0.05) is 0 Å². The Kier molecular flexibility index (Phi) is 3.40. The number of fused-ring (bicyclic) bond motifs is 1. The molecule has 1 aliphatic rings. The SMILES string of the molecule is CSc1ncnc2c1ncn2C1CC(O)OCC1O. The lowest BCUT2D eigenvalue weighted by atomic mass is 10.1. The molecule has 3 unspecified atom stereocenters. The number of thioether (sulfide) groups is 1. The zero-order valence-corrected chi connectivity index (χ0v) is 11.1. The number of ether oxygens (including phenoxy) is 1. The smallest absolute Gasteiger partial charge is 0.164 e. The highest BCUT2D eigenvalue weighted by Crippen LogP contribution is 2.29. The average molecular weight is 282 g/mol. The van der Waals surface area contributed by atoms with Crippen molar-refractivity contribution in [3.63, 3.8) is 0 Å². The van der Waals surface area contributed by atoms with Crippen LogP contribution in [0, 0.1) is 0 Å². The predicted octanol–water partition coefficient (Wildman–Crippen LogP) is 0.189. The van der Waals surface area contributed by atoms with Crippen LogP contribution in [0.1, 0.15) is 12.5 Å². The molecule has 1 saturated heterocycles. The molecule has 7 nitrogen and oxygen atoms in total. The Hall–Kier alpha value is -1.22. The zero-order chi connectivity index (χ0) is 13.4. The van der Waals surface area contributed by atoms with Crippen molar-refractivity contribution >= 4 is 22.9 Å². The summed E-state index contributed by atoms with van der Waals surface area (Å²) in [6, 6.07) is -0.293. The zero-order valence-electron chi connectivity index (χ0n) is 10.3. The van der Waals surface area contributed by atoms with Crippen LogP contribution in [0.3, 0.4) is 0 Å². The van der Waals surface area contributed by atoms with Crippen molar-refractivity contribution in [1.82, 2.24) is 19.5 Å². The number of hydrogen-bond acceptors (Lipinski definition) is 7. The third kappa shape index (κ3) is 2.20. The van der Waals surface area contributed by atoms with Gasteiger partial charge in [-0.3, -0.25) is 0 Å². The highest BCUT2D eigenvalue weighted by atomic mass is 32.2. The first kappa shape index (κ1) is 12.8. The van der Waals surface area contributed by atoms with E-state index >= 15 is 0 Å². The fourth-order valence-corrected chi connectivity index (χ4v) is 2.76. The molecule has 8 heteroatoms. The Morgan fingerprint density at radius 2 is 2.21 bits per heavy atom.